The lowest BCUT2D eigenvalue weighted by Gasteiger charge is -2.60. The van der Waals surface area contributed by atoms with Crippen LogP contribution in [0.1, 0.15) is 41.1 Å². The van der Waals surface area contributed by atoms with Crippen molar-refractivity contribution in [2.24, 2.45) is 0 Å². The van der Waals surface area contributed by atoms with Crippen LogP contribution in [-0.4, -0.2) is 37.8 Å². The molecule has 0 spiro atoms. The third-order valence-corrected chi connectivity index (χ3v) is 7.87. The molecule has 2 unspecified atom stereocenters. The van der Waals surface area contributed by atoms with Gasteiger partial charge in [0.25, 0.3) is 10.1 Å². The molecular weight excluding hydrogens is 466 g/mol. The second-order valence-electron chi connectivity index (χ2n) is 9.57. The summed E-state index contributed by atoms with van der Waals surface area (Å²) in [4.78, 5) is 2.36. The molecule has 0 bridgehead atoms. The van der Waals surface area contributed by atoms with Crippen LogP contribution in [-0.2, 0) is 14.3 Å². The van der Waals surface area contributed by atoms with E-state index < -0.39 is 15.7 Å². The molecule has 184 valence electrons. The van der Waals surface area contributed by atoms with Crippen molar-refractivity contribution in [2.75, 3.05) is 12.8 Å². The highest BCUT2D eigenvalue weighted by molar-refractivity contribution is 7.86. The molecule has 0 aliphatic carbocycles. The summed E-state index contributed by atoms with van der Waals surface area (Å²) >= 11 is 0. The first-order valence-electron chi connectivity index (χ1n) is 12.3. The van der Waals surface area contributed by atoms with Gasteiger partial charge in [-0.05, 0) is 29.2 Å². The molecule has 1 fully saturated rings. The van der Waals surface area contributed by atoms with Gasteiger partial charge in [0.2, 0.25) is 0 Å². The fourth-order valence-corrected chi connectivity index (χ4v) is 6.54. The van der Waals surface area contributed by atoms with E-state index in [1.165, 1.54) is 11.1 Å². The molecule has 36 heavy (non-hydrogen) atoms. The van der Waals surface area contributed by atoms with Gasteiger partial charge in [0.1, 0.15) is 5.60 Å². The molecule has 2 atom stereocenters. The molecule has 0 amide bonds. The summed E-state index contributed by atoms with van der Waals surface area (Å²) in [5.41, 5.74) is 3.45. The van der Waals surface area contributed by atoms with E-state index in [0.29, 0.717) is 6.54 Å². The lowest BCUT2D eigenvalue weighted by Crippen LogP contribution is -2.73. The van der Waals surface area contributed by atoms with E-state index in [4.69, 9.17) is 4.18 Å². The number of likely N-dealkylation sites (tertiary alicyclic amines) is 1. The van der Waals surface area contributed by atoms with Gasteiger partial charge in [-0.3, -0.25) is 9.08 Å². The Bertz CT molecular complexity index is 1300. The molecule has 0 N–H and O–H groups in total. The van der Waals surface area contributed by atoms with Crippen LogP contribution in [0.4, 0.5) is 0 Å². The van der Waals surface area contributed by atoms with Gasteiger partial charge in [0.15, 0.2) is 0 Å². The maximum atomic E-state index is 12.7. The zero-order valence-electron chi connectivity index (χ0n) is 20.6. The lowest BCUT2D eigenvalue weighted by atomic mass is 9.67. The van der Waals surface area contributed by atoms with Crippen LogP contribution in [0.15, 0.2) is 121 Å². The van der Waals surface area contributed by atoms with E-state index in [-0.39, 0.29) is 18.0 Å². The van der Waals surface area contributed by atoms with Gasteiger partial charge < -0.3 is 0 Å². The molecule has 4 nitrogen and oxygen atoms in total. The number of rotatable bonds is 8. The molecule has 5 rings (SSSR count). The van der Waals surface area contributed by atoms with Gasteiger partial charge in [-0.2, -0.15) is 8.42 Å². The molecule has 0 saturated carbocycles. The Morgan fingerprint density at radius 2 is 1.06 bits per heavy atom. The largest absolute Gasteiger partial charge is 0.284 e. The monoisotopic (exact) mass is 497 g/mol. The summed E-state index contributed by atoms with van der Waals surface area (Å²) in [5.74, 6) is -0.256. The van der Waals surface area contributed by atoms with E-state index in [1.54, 1.807) is 0 Å². The Kier molecular flexibility index (Phi) is 6.80. The van der Waals surface area contributed by atoms with Crippen LogP contribution in [0.25, 0.3) is 0 Å². The molecule has 1 saturated heterocycles. The first-order valence-corrected chi connectivity index (χ1v) is 14.1. The van der Waals surface area contributed by atoms with Crippen molar-refractivity contribution in [3.05, 3.63) is 144 Å². The van der Waals surface area contributed by atoms with Crippen molar-refractivity contribution in [3.8, 4) is 0 Å². The van der Waals surface area contributed by atoms with Crippen molar-refractivity contribution in [1.82, 2.24) is 4.90 Å². The van der Waals surface area contributed by atoms with E-state index in [2.05, 4.69) is 60.4 Å². The third-order valence-electron chi connectivity index (χ3n) is 7.26. The van der Waals surface area contributed by atoms with E-state index in [9.17, 15) is 8.42 Å². The average molecular weight is 498 g/mol. The Morgan fingerprint density at radius 1 is 0.694 bits per heavy atom. The topological polar surface area (TPSA) is 46.6 Å². The summed E-state index contributed by atoms with van der Waals surface area (Å²) < 4.78 is 31.6. The van der Waals surface area contributed by atoms with Gasteiger partial charge in [-0.1, -0.05) is 121 Å². The third kappa shape index (κ3) is 4.74. The zero-order valence-corrected chi connectivity index (χ0v) is 21.4. The Morgan fingerprint density at radius 3 is 1.39 bits per heavy atom. The molecular formula is C31H31NO3S. The molecule has 4 aromatic rings. The highest BCUT2D eigenvalue weighted by Gasteiger charge is 2.60. The SMILES string of the molecule is CC1N(C(c2ccccc2)c2ccccc2)CC1(OS(C)(=O)=O)C(c1ccccc1)c1ccccc1. The molecule has 0 aromatic heterocycles. The van der Waals surface area contributed by atoms with Gasteiger partial charge >= 0.3 is 0 Å². The Hall–Kier alpha value is -3.25. The Balaban J connectivity index is 1.63. The minimum Gasteiger partial charge on any atom is -0.284 e. The predicted molar refractivity (Wildman–Crippen MR) is 144 cm³/mol. The van der Waals surface area contributed by atoms with Crippen LogP contribution < -0.4 is 0 Å². The molecule has 4 aromatic carbocycles. The minimum absolute atomic E-state index is 0.0223. The van der Waals surface area contributed by atoms with Gasteiger partial charge in [0, 0.05) is 18.5 Å². The van der Waals surface area contributed by atoms with Crippen LogP contribution in [0, 0.1) is 0 Å². The Labute approximate surface area is 214 Å². The van der Waals surface area contributed by atoms with E-state index >= 15 is 0 Å². The van der Waals surface area contributed by atoms with Crippen molar-refractivity contribution in [1.29, 1.82) is 0 Å². The van der Waals surface area contributed by atoms with Crippen molar-refractivity contribution >= 4 is 10.1 Å². The lowest BCUT2D eigenvalue weighted by molar-refractivity contribution is -0.145. The molecule has 1 aliphatic heterocycles. The van der Waals surface area contributed by atoms with Crippen LogP contribution >= 0.6 is 0 Å². The van der Waals surface area contributed by atoms with Gasteiger partial charge in [-0.15, -0.1) is 0 Å². The number of hydrogen-bond acceptors (Lipinski definition) is 4. The van der Waals surface area contributed by atoms with Crippen LogP contribution in [0.2, 0.25) is 0 Å². The maximum absolute atomic E-state index is 12.7. The fourth-order valence-electron chi connectivity index (χ4n) is 5.69. The average Bonchev–Trinajstić information content (AvgIpc) is 2.90. The van der Waals surface area contributed by atoms with E-state index in [0.717, 1.165) is 17.4 Å². The first kappa shape index (κ1) is 24.4. The quantitative estimate of drug-likeness (QED) is 0.279. The summed E-state index contributed by atoms with van der Waals surface area (Å²) in [6.45, 7) is 2.55. The summed E-state index contributed by atoms with van der Waals surface area (Å²) in [5, 5.41) is 0. The fraction of sp³-hybridized carbons (Fsp3) is 0.226. The summed E-state index contributed by atoms with van der Waals surface area (Å²) in [6, 6.07) is 40.7. The molecule has 1 heterocycles. The minimum atomic E-state index is -3.74. The standard InChI is InChI=1S/C31H31NO3S/c1-24-31(35-36(2,33)34,29(25-15-7-3-8-16-25)26-17-9-4-10-18-26)23-32(24)30(27-19-11-5-12-20-27)28-21-13-6-14-22-28/h3-22,24,29-30H,23H2,1-2H3. The van der Waals surface area contributed by atoms with Crippen molar-refractivity contribution in [2.45, 2.75) is 30.5 Å². The van der Waals surface area contributed by atoms with Gasteiger partial charge in [0.05, 0.1) is 12.3 Å². The second-order valence-corrected chi connectivity index (χ2v) is 11.1. The van der Waals surface area contributed by atoms with Crippen LogP contribution in [0.3, 0.4) is 0 Å². The summed E-state index contributed by atoms with van der Waals surface area (Å²) in [6.07, 6.45) is 1.16. The van der Waals surface area contributed by atoms with Crippen molar-refractivity contribution in [3.63, 3.8) is 0 Å². The molecule has 1 aliphatic rings. The van der Waals surface area contributed by atoms with Crippen molar-refractivity contribution < 1.29 is 12.6 Å². The van der Waals surface area contributed by atoms with Gasteiger partial charge in [-0.25, -0.2) is 0 Å². The molecule has 5 heteroatoms. The normalized spacial score (nSPS) is 20.4. The highest BCUT2D eigenvalue weighted by Crippen LogP contribution is 2.52. The molecule has 0 radical (unpaired) electrons. The number of benzene rings is 4. The summed E-state index contributed by atoms with van der Waals surface area (Å²) in [7, 11) is -3.74. The smallest absolute Gasteiger partial charge is 0.265 e. The second kappa shape index (κ2) is 10.0. The predicted octanol–water partition coefficient (Wildman–Crippen LogP) is 6.03. The maximum Gasteiger partial charge on any atom is 0.265 e. The van der Waals surface area contributed by atoms with E-state index in [1.807, 2.05) is 72.8 Å². The number of nitrogens with zero attached hydrogens (tertiary/aromatic N) is 1. The number of hydrogen-bond donors (Lipinski definition) is 0. The highest BCUT2D eigenvalue weighted by atomic mass is 32.2. The first-order chi connectivity index (χ1) is 17.4. The zero-order chi connectivity index (χ0) is 25.2. The van der Waals surface area contributed by atoms with Crippen LogP contribution in [0.5, 0.6) is 0 Å².